The lowest BCUT2D eigenvalue weighted by molar-refractivity contribution is -0.123. The summed E-state index contributed by atoms with van der Waals surface area (Å²) >= 11 is 1.32. The van der Waals surface area contributed by atoms with Crippen LogP contribution in [-0.4, -0.2) is 45.0 Å². The minimum atomic E-state index is -0.439. The maximum atomic E-state index is 13.3. The highest BCUT2D eigenvalue weighted by molar-refractivity contribution is 7.99. The van der Waals surface area contributed by atoms with Crippen molar-refractivity contribution in [1.82, 2.24) is 14.5 Å². The van der Waals surface area contributed by atoms with Crippen LogP contribution in [0.4, 0.5) is 0 Å². The molecule has 0 N–H and O–H groups in total. The van der Waals surface area contributed by atoms with E-state index in [4.69, 9.17) is 4.98 Å². The zero-order valence-electron chi connectivity index (χ0n) is 19.8. The molecule has 0 spiro atoms. The van der Waals surface area contributed by atoms with Gasteiger partial charge in [0.1, 0.15) is 5.78 Å². The number of Topliss-reactive ketones (excluding diaryl/α,β-unsaturated/α-hetero) is 1. The van der Waals surface area contributed by atoms with Gasteiger partial charge in [0.25, 0.3) is 11.5 Å². The molecule has 1 aliphatic heterocycles. The van der Waals surface area contributed by atoms with E-state index >= 15 is 0 Å². The quantitative estimate of drug-likeness (QED) is 0.320. The molecule has 1 aliphatic rings. The Balaban J connectivity index is 1.96. The van der Waals surface area contributed by atoms with E-state index in [1.54, 1.807) is 22.8 Å². The van der Waals surface area contributed by atoms with Crippen molar-refractivity contribution in [2.75, 3.05) is 18.8 Å². The average Bonchev–Trinajstić information content (AvgIpc) is 2.78. The van der Waals surface area contributed by atoms with Crippen molar-refractivity contribution in [3.05, 3.63) is 34.1 Å². The number of fused-ring (bicyclic) bond motifs is 1. The predicted molar refractivity (Wildman–Crippen MR) is 130 cm³/mol. The predicted octanol–water partition coefficient (Wildman–Crippen LogP) is 4.92. The molecule has 32 heavy (non-hydrogen) atoms. The molecule has 0 radical (unpaired) electrons. The van der Waals surface area contributed by atoms with Gasteiger partial charge in [0.15, 0.2) is 5.16 Å². The van der Waals surface area contributed by atoms with Gasteiger partial charge in [0.05, 0.1) is 16.7 Å². The molecule has 0 aliphatic carbocycles. The zero-order valence-corrected chi connectivity index (χ0v) is 20.6. The van der Waals surface area contributed by atoms with Gasteiger partial charge < -0.3 is 4.90 Å². The van der Waals surface area contributed by atoms with Crippen LogP contribution in [0.1, 0.15) is 76.6 Å². The molecule has 6 nitrogen and oxygen atoms in total. The monoisotopic (exact) mass is 457 g/mol. The Morgan fingerprint density at radius 2 is 1.81 bits per heavy atom. The molecular formula is C25H35N3O3S. The first-order valence-electron chi connectivity index (χ1n) is 11.7. The number of carbonyl (C=O) groups excluding carboxylic acids is 2. The Morgan fingerprint density at radius 3 is 2.47 bits per heavy atom. The smallest absolute Gasteiger partial charge is 0.262 e. The van der Waals surface area contributed by atoms with Crippen LogP contribution in [0.3, 0.4) is 0 Å². The van der Waals surface area contributed by atoms with Gasteiger partial charge >= 0.3 is 0 Å². The van der Waals surface area contributed by atoms with Gasteiger partial charge in [-0.15, -0.1) is 0 Å². The summed E-state index contributed by atoms with van der Waals surface area (Å²) in [5.41, 5.74) is 0.548. The van der Waals surface area contributed by atoms with Crippen molar-refractivity contribution >= 4 is 34.4 Å². The van der Waals surface area contributed by atoms with Crippen molar-refractivity contribution in [1.29, 1.82) is 0 Å². The second-order valence-corrected chi connectivity index (χ2v) is 10.5. The molecule has 0 unspecified atom stereocenters. The minimum Gasteiger partial charge on any atom is -0.339 e. The number of amides is 1. The lowest BCUT2D eigenvalue weighted by atomic mass is 9.92. The van der Waals surface area contributed by atoms with Crippen LogP contribution < -0.4 is 5.56 Å². The summed E-state index contributed by atoms with van der Waals surface area (Å²) in [5.74, 6) is 0.380. The third kappa shape index (κ3) is 5.80. The van der Waals surface area contributed by atoms with E-state index in [-0.39, 0.29) is 23.0 Å². The Bertz CT molecular complexity index is 1030. The molecule has 7 heteroatoms. The molecular weight excluding hydrogens is 422 g/mol. The van der Waals surface area contributed by atoms with Gasteiger partial charge in [-0.1, -0.05) is 52.3 Å². The summed E-state index contributed by atoms with van der Waals surface area (Å²) in [6.45, 7) is 9.96. The molecule has 3 rings (SSSR count). The number of likely N-dealkylation sites (tertiary alicyclic amines) is 1. The largest absolute Gasteiger partial charge is 0.339 e. The molecule has 0 bridgehead atoms. The molecule has 2 heterocycles. The number of hydrogen-bond acceptors (Lipinski definition) is 5. The summed E-state index contributed by atoms with van der Waals surface area (Å²) in [7, 11) is 0. The topological polar surface area (TPSA) is 72.3 Å². The van der Waals surface area contributed by atoms with Crippen molar-refractivity contribution in [2.24, 2.45) is 5.41 Å². The summed E-state index contributed by atoms with van der Waals surface area (Å²) in [4.78, 5) is 45.4. The number of unbranched alkanes of at least 4 members (excludes halogenated alkanes) is 2. The number of benzene rings is 1. The first-order chi connectivity index (χ1) is 15.2. The van der Waals surface area contributed by atoms with Gasteiger partial charge in [0, 0.05) is 30.6 Å². The fourth-order valence-electron chi connectivity index (χ4n) is 3.79. The van der Waals surface area contributed by atoms with Crippen LogP contribution in [0.25, 0.3) is 10.9 Å². The van der Waals surface area contributed by atoms with Gasteiger partial charge in [-0.3, -0.25) is 19.0 Å². The third-order valence-electron chi connectivity index (χ3n) is 5.96. The van der Waals surface area contributed by atoms with Gasteiger partial charge in [-0.25, -0.2) is 4.98 Å². The highest BCUT2D eigenvalue weighted by Crippen LogP contribution is 2.24. The number of aromatic nitrogens is 2. The first-order valence-corrected chi connectivity index (χ1v) is 12.7. The normalized spacial score (nSPS) is 14.7. The van der Waals surface area contributed by atoms with Crippen molar-refractivity contribution < 1.29 is 9.59 Å². The van der Waals surface area contributed by atoms with Gasteiger partial charge in [-0.2, -0.15) is 0 Å². The Labute approximate surface area is 194 Å². The van der Waals surface area contributed by atoms with E-state index in [0.717, 1.165) is 51.6 Å². The van der Waals surface area contributed by atoms with Crippen LogP contribution in [-0.2, 0) is 11.3 Å². The molecule has 1 amide bonds. The third-order valence-corrected chi connectivity index (χ3v) is 6.94. The van der Waals surface area contributed by atoms with Crippen molar-refractivity contribution in [2.45, 2.75) is 77.9 Å². The second-order valence-electron chi connectivity index (χ2n) is 9.60. The summed E-state index contributed by atoms with van der Waals surface area (Å²) < 4.78 is 1.70. The number of piperidine rings is 1. The van der Waals surface area contributed by atoms with Gasteiger partial charge in [-0.05, 0) is 43.9 Å². The lowest BCUT2D eigenvalue weighted by Gasteiger charge is -2.26. The second kappa shape index (κ2) is 10.6. The fourth-order valence-corrected chi connectivity index (χ4v) is 4.97. The average molecular weight is 458 g/mol. The van der Waals surface area contributed by atoms with E-state index in [0.29, 0.717) is 28.2 Å². The molecule has 1 aromatic heterocycles. The molecule has 1 saturated heterocycles. The molecule has 2 aromatic rings. The zero-order chi connectivity index (χ0) is 23.3. The van der Waals surface area contributed by atoms with Crippen LogP contribution in [0.2, 0.25) is 0 Å². The maximum Gasteiger partial charge on any atom is 0.262 e. The van der Waals surface area contributed by atoms with Crippen LogP contribution in [0, 0.1) is 5.41 Å². The van der Waals surface area contributed by atoms with Crippen LogP contribution >= 0.6 is 11.8 Å². The highest BCUT2D eigenvalue weighted by Gasteiger charge is 2.23. The number of rotatable bonds is 8. The summed E-state index contributed by atoms with van der Waals surface area (Å²) in [6.07, 6.45) is 6.19. The molecule has 174 valence electrons. The molecule has 1 fully saturated rings. The van der Waals surface area contributed by atoms with E-state index in [1.165, 1.54) is 11.8 Å². The number of hydrogen-bond donors (Lipinski definition) is 0. The van der Waals surface area contributed by atoms with E-state index in [2.05, 4.69) is 6.92 Å². The van der Waals surface area contributed by atoms with Gasteiger partial charge in [0.2, 0.25) is 0 Å². The standard InChI is InChI=1S/C25H35N3O3S/c1-5-6-8-15-28-23(31)19-12-11-18(22(30)27-13-9-7-10-14-27)16-20(19)26-24(28)32-17-21(29)25(2,3)4/h11-12,16H,5-10,13-15,17H2,1-4H3. The highest BCUT2D eigenvalue weighted by atomic mass is 32.2. The fraction of sp³-hybridized carbons (Fsp3) is 0.600. The van der Waals surface area contributed by atoms with Crippen molar-refractivity contribution in [3.8, 4) is 0 Å². The maximum absolute atomic E-state index is 13.3. The number of carbonyl (C=O) groups is 2. The number of nitrogens with zero attached hydrogens (tertiary/aromatic N) is 3. The Kier molecular flexibility index (Phi) is 8.15. The molecule has 0 saturated carbocycles. The van der Waals surface area contributed by atoms with E-state index < -0.39 is 5.41 Å². The summed E-state index contributed by atoms with van der Waals surface area (Å²) in [5, 5.41) is 1.07. The van der Waals surface area contributed by atoms with E-state index in [9.17, 15) is 14.4 Å². The van der Waals surface area contributed by atoms with E-state index in [1.807, 2.05) is 25.7 Å². The Hall–Kier alpha value is -2.15. The lowest BCUT2D eigenvalue weighted by Crippen LogP contribution is -2.35. The Morgan fingerprint density at radius 1 is 1.09 bits per heavy atom. The van der Waals surface area contributed by atoms with Crippen LogP contribution in [0.15, 0.2) is 28.2 Å². The SMILES string of the molecule is CCCCCn1c(SCC(=O)C(C)(C)C)nc2cc(C(=O)N3CCCCC3)ccc2c1=O. The first kappa shape index (κ1) is 24.5. The van der Waals surface area contributed by atoms with Crippen molar-refractivity contribution in [3.63, 3.8) is 0 Å². The van der Waals surface area contributed by atoms with Crippen LogP contribution in [0.5, 0.6) is 0 Å². The summed E-state index contributed by atoms with van der Waals surface area (Å²) in [6, 6.07) is 5.21. The number of thioether (sulfide) groups is 1. The number of ketones is 1. The molecule has 0 atom stereocenters. The minimum absolute atomic E-state index is 0.00219. The molecule has 1 aromatic carbocycles.